The molecule has 3 aromatic carbocycles. The van der Waals surface area contributed by atoms with E-state index in [4.69, 9.17) is 5.10 Å². The van der Waals surface area contributed by atoms with Crippen LogP contribution in [0.25, 0.3) is 39.0 Å². The number of aromatic nitrogens is 4. The van der Waals surface area contributed by atoms with E-state index in [9.17, 15) is 13.2 Å². The molecule has 6 rings (SSSR count). The van der Waals surface area contributed by atoms with Gasteiger partial charge < -0.3 is 0 Å². The lowest BCUT2D eigenvalue weighted by molar-refractivity contribution is 0.597. The zero-order valence-corrected chi connectivity index (χ0v) is 20.8. The van der Waals surface area contributed by atoms with Crippen molar-refractivity contribution in [2.75, 3.05) is 5.75 Å². The molecule has 9 heteroatoms. The molecule has 0 unspecified atom stereocenters. The summed E-state index contributed by atoms with van der Waals surface area (Å²) in [6.45, 7) is 1.62. The average molecular weight is 513 g/mol. The van der Waals surface area contributed by atoms with E-state index in [1.807, 2.05) is 66.9 Å². The fraction of sp³-hybridized carbons (Fsp3) is 0.0741. The van der Waals surface area contributed by atoms with Gasteiger partial charge >= 0.3 is 0 Å². The molecule has 0 N–H and O–H groups in total. The van der Waals surface area contributed by atoms with E-state index in [1.54, 1.807) is 40.3 Å². The van der Waals surface area contributed by atoms with Crippen molar-refractivity contribution < 1.29 is 8.42 Å². The quantitative estimate of drug-likeness (QED) is 0.347. The molecule has 7 nitrogen and oxygen atoms in total. The third-order valence-electron chi connectivity index (χ3n) is 6.06. The summed E-state index contributed by atoms with van der Waals surface area (Å²) >= 11 is 1.33. The fourth-order valence-corrected chi connectivity index (χ4v) is 6.03. The average Bonchev–Trinajstić information content (AvgIpc) is 3.58. The van der Waals surface area contributed by atoms with E-state index in [-0.39, 0.29) is 16.2 Å². The van der Waals surface area contributed by atoms with Crippen molar-refractivity contribution in [1.82, 2.24) is 19.2 Å². The van der Waals surface area contributed by atoms with Crippen LogP contribution in [0.2, 0.25) is 0 Å². The SMILES string of the molecule is CCS(=O)(=O)c1ccc(-c2nn(-c3ccccc3)cc2/C=c2/sc3nc4ccccc4n3c2=O)cc1. The number of hydrogen-bond donors (Lipinski definition) is 0. The van der Waals surface area contributed by atoms with Crippen LogP contribution in [0.1, 0.15) is 12.5 Å². The molecule has 0 saturated carbocycles. The van der Waals surface area contributed by atoms with Gasteiger partial charge in [0.15, 0.2) is 14.8 Å². The number of thiazole rings is 1. The Kier molecular flexibility index (Phi) is 5.31. The first-order valence-corrected chi connectivity index (χ1v) is 13.8. The number of fused-ring (bicyclic) bond motifs is 3. The van der Waals surface area contributed by atoms with E-state index in [0.29, 0.717) is 15.2 Å². The van der Waals surface area contributed by atoms with Gasteiger partial charge in [-0.3, -0.25) is 4.79 Å². The summed E-state index contributed by atoms with van der Waals surface area (Å²) in [6, 6.07) is 24.0. The molecule has 0 saturated heterocycles. The minimum absolute atomic E-state index is 0.0369. The van der Waals surface area contributed by atoms with Crippen LogP contribution in [-0.4, -0.2) is 33.3 Å². The Balaban J connectivity index is 1.54. The molecule has 0 amide bonds. The maximum Gasteiger partial charge on any atom is 0.274 e. The minimum atomic E-state index is -3.31. The maximum atomic E-state index is 13.3. The lowest BCUT2D eigenvalue weighted by Gasteiger charge is -2.04. The van der Waals surface area contributed by atoms with Crippen molar-refractivity contribution in [2.24, 2.45) is 0 Å². The zero-order valence-electron chi connectivity index (χ0n) is 19.2. The first-order valence-electron chi connectivity index (χ1n) is 11.3. The second-order valence-electron chi connectivity index (χ2n) is 8.28. The normalized spacial score (nSPS) is 12.6. The van der Waals surface area contributed by atoms with Gasteiger partial charge in [0.25, 0.3) is 5.56 Å². The van der Waals surface area contributed by atoms with Crippen LogP contribution in [0.5, 0.6) is 0 Å². The molecule has 0 spiro atoms. The Morgan fingerprint density at radius 1 is 0.944 bits per heavy atom. The van der Waals surface area contributed by atoms with Gasteiger partial charge in [0.2, 0.25) is 0 Å². The highest BCUT2D eigenvalue weighted by Crippen LogP contribution is 2.26. The molecule has 6 aromatic rings. The molecule has 0 aliphatic heterocycles. The number of nitrogens with zero attached hydrogens (tertiary/aromatic N) is 4. The predicted octanol–water partition coefficient (Wildman–Crippen LogP) is 4.10. The van der Waals surface area contributed by atoms with Crippen molar-refractivity contribution in [2.45, 2.75) is 11.8 Å². The van der Waals surface area contributed by atoms with Crippen molar-refractivity contribution in [3.8, 4) is 16.9 Å². The number of para-hydroxylation sites is 3. The highest BCUT2D eigenvalue weighted by atomic mass is 32.2. The molecule has 0 radical (unpaired) electrons. The molecule has 0 aliphatic rings. The summed E-state index contributed by atoms with van der Waals surface area (Å²) in [4.78, 5) is 18.8. The van der Waals surface area contributed by atoms with E-state index in [1.165, 1.54) is 11.3 Å². The van der Waals surface area contributed by atoms with E-state index in [2.05, 4.69) is 4.98 Å². The summed E-state index contributed by atoms with van der Waals surface area (Å²) in [6.07, 6.45) is 3.70. The Labute approximate surface area is 210 Å². The number of hydrogen-bond acceptors (Lipinski definition) is 6. The standard InChI is InChI=1S/C27H20N4O3S2/c1-2-36(33,34)21-14-12-18(13-15-21)25-19(17-30(29-25)20-8-4-3-5-9-20)16-24-26(32)31-23-11-7-6-10-22(23)28-27(31)35-24/h3-17H,2H2,1H3/b24-16+. The van der Waals surface area contributed by atoms with Crippen LogP contribution in [0.15, 0.2) is 94.7 Å². The molecule has 3 heterocycles. The summed E-state index contributed by atoms with van der Waals surface area (Å²) < 4.78 is 28.5. The molecule has 3 aromatic heterocycles. The second kappa shape index (κ2) is 8.54. The van der Waals surface area contributed by atoms with Crippen molar-refractivity contribution >= 4 is 43.2 Å². The van der Waals surface area contributed by atoms with Crippen LogP contribution >= 0.6 is 11.3 Å². The summed E-state index contributed by atoms with van der Waals surface area (Å²) in [5, 5.41) is 4.80. The van der Waals surface area contributed by atoms with Gasteiger partial charge in [-0.05, 0) is 42.5 Å². The number of benzene rings is 3. The monoisotopic (exact) mass is 512 g/mol. The van der Waals surface area contributed by atoms with Gasteiger partial charge in [-0.25, -0.2) is 22.5 Å². The van der Waals surface area contributed by atoms with Gasteiger partial charge in [-0.1, -0.05) is 60.7 Å². The number of rotatable bonds is 5. The first-order chi connectivity index (χ1) is 17.4. The molecule has 0 aliphatic carbocycles. The van der Waals surface area contributed by atoms with Crippen LogP contribution in [0.3, 0.4) is 0 Å². The molecule has 36 heavy (non-hydrogen) atoms. The summed E-state index contributed by atoms with van der Waals surface area (Å²) in [7, 11) is -3.31. The fourth-order valence-electron chi connectivity index (χ4n) is 4.17. The second-order valence-corrected chi connectivity index (χ2v) is 11.6. The van der Waals surface area contributed by atoms with Gasteiger partial charge in [-0.15, -0.1) is 0 Å². The van der Waals surface area contributed by atoms with Gasteiger partial charge in [0.1, 0.15) is 0 Å². The summed E-state index contributed by atoms with van der Waals surface area (Å²) in [5.41, 5.74) is 4.45. The van der Waals surface area contributed by atoms with E-state index in [0.717, 1.165) is 27.8 Å². The minimum Gasteiger partial charge on any atom is -0.267 e. The topological polar surface area (TPSA) is 86.3 Å². The number of sulfone groups is 1. The Hall–Kier alpha value is -4.08. The smallest absolute Gasteiger partial charge is 0.267 e. The predicted molar refractivity (Wildman–Crippen MR) is 142 cm³/mol. The third-order valence-corrected chi connectivity index (χ3v) is 8.78. The zero-order chi connectivity index (χ0) is 24.9. The lowest BCUT2D eigenvalue weighted by atomic mass is 10.1. The molecule has 0 bridgehead atoms. The Bertz CT molecular complexity index is 1950. The third kappa shape index (κ3) is 3.73. The van der Waals surface area contributed by atoms with Crippen molar-refractivity contribution in [3.63, 3.8) is 0 Å². The van der Waals surface area contributed by atoms with Gasteiger partial charge in [0, 0.05) is 17.3 Å². The molecular formula is C27H20N4O3S2. The molecular weight excluding hydrogens is 492 g/mol. The van der Waals surface area contributed by atoms with E-state index < -0.39 is 9.84 Å². The lowest BCUT2D eigenvalue weighted by Crippen LogP contribution is -2.22. The number of imidazole rings is 1. The van der Waals surface area contributed by atoms with Gasteiger partial charge in [0.05, 0.1) is 37.6 Å². The molecule has 0 fully saturated rings. The van der Waals surface area contributed by atoms with Crippen LogP contribution in [0.4, 0.5) is 0 Å². The highest BCUT2D eigenvalue weighted by Gasteiger charge is 2.16. The van der Waals surface area contributed by atoms with Crippen LogP contribution in [0, 0.1) is 0 Å². The molecule has 178 valence electrons. The summed E-state index contributed by atoms with van der Waals surface area (Å²) in [5.74, 6) is 0.0369. The van der Waals surface area contributed by atoms with Crippen LogP contribution < -0.4 is 10.1 Å². The van der Waals surface area contributed by atoms with Gasteiger partial charge in [-0.2, -0.15) is 5.10 Å². The Morgan fingerprint density at radius 2 is 1.67 bits per heavy atom. The maximum absolute atomic E-state index is 13.3. The largest absolute Gasteiger partial charge is 0.274 e. The highest BCUT2D eigenvalue weighted by molar-refractivity contribution is 7.91. The Morgan fingerprint density at radius 3 is 2.42 bits per heavy atom. The first kappa shape index (κ1) is 22.4. The van der Waals surface area contributed by atoms with E-state index >= 15 is 0 Å². The van der Waals surface area contributed by atoms with Crippen LogP contribution in [-0.2, 0) is 9.84 Å². The van der Waals surface area contributed by atoms with Crippen molar-refractivity contribution in [1.29, 1.82) is 0 Å². The van der Waals surface area contributed by atoms with Crippen molar-refractivity contribution in [3.05, 3.63) is 106 Å². The molecule has 0 atom stereocenters.